The molecule has 1 aromatic carbocycles. The Balaban J connectivity index is -0.0000000327. The van der Waals surface area contributed by atoms with Crippen LogP contribution < -0.4 is 0 Å². The summed E-state index contributed by atoms with van der Waals surface area (Å²) in [7, 11) is 0. The molecule has 0 spiro atoms. The van der Waals surface area contributed by atoms with Crippen molar-refractivity contribution in [2.24, 2.45) is 0 Å². The molecule has 0 aliphatic rings. The van der Waals surface area contributed by atoms with Gasteiger partial charge in [-0.2, -0.15) is 24.6 Å². The molecule has 0 bridgehead atoms. The van der Waals surface area contributed by atoms with Gasteiger partial charge in [0, 0.05) is 104 Å². The Morgan fingerprint density at radius 1 is 0.833 bits per heavy atom. The second-order valence-corrected chi connectivity index (χ2v) is 1.49. The summed E-state index contributed by atoms with van der Waals surface area (Å²) in [4.78, 5) is 0. The smallest absolute Gasteiger partial charge is 0 e. The molecule has 0 fully saturated rings. The molecule has 0 heterocycles. The topological polar surface area (TPSA) is 0 Å². The van der Waals surface area contributed by atoms with E-state index < -0.39 is 0 Å². The van der Waals surface area contributed by atoms with Gasteiger partial charge in [0.05, 0.1) is 0 Å². The molecule has 0 aliphatic carbocycles. The molecule has 1 rings (SSSR count). The predicted molar refractivity (Wildman–Crippen MR) is 43.7 cm³/mol. The molecule has 3 heteroatoms. The van der Waals surface area contributed by atoms with Crippen LogP contribution in [0.2, 0.25) is 0 Å². The first kappa shape index (κ1) is 29.3. The molecule has 0 aromatic heterocycles. The second kappa shape index (κ2) is 19.2. The summed E-state index contributed by atoms with van der Waals surface area (Å²) in [6.07, 6.45) is 0. The van der Waals surface area contributed by atoms with E-state index in [0.717, 1.165) is 5.56 Å². The van der Waals surface area contributed by atoms with Gasteiger partial charge in [0.15, 0.2) is 0 Å². The minimum Gasteiger partial charge on any atom is -0.358 e. The molecule has 3 radical (unpaired) electrons. The Morgan fingerprint density at radius 2 is 1.17 bits per heavy atom. The average molecular weight is 488 g/mol. The van der Waals surface area contributed by atoms with Gasteiger partial charge < -0.3 is 14.9 Å². The third kappa shape index (κ3) is 15.1. The van der Waals surface area contributed by atoms with E-state index in [9.17, 15) is 0 Å². The SMILES string of the molecule is [CH2-]c1ccccc1.[CH3-].[CH3-].[La].[La].[Y]. The zero-order valence-corrected chi connectivity index (χ0v) is 17.9. The molecule has 12 heavy (non-hydrogen) atoms. The predicted octanol–water partition coefficient (Wildman–Crippen LogP) is 2.77. The molecule has 0 saturated heterocycles. The Hall–Kier alpha value is 2.58. The van der Waals surface area contributed by atoms with Gasteiger partial charge in [-0.15, -0.1) is 12.1 Å². The molecule has 0 aliphatic heterocycles. The molecule has 1 aromatic rings. The van der Waals surface area contributed by atoms with Crippen LogP contribution in [0.25, 0.3) is 0 Å². The quantitative estimate of drug-likeness (QED) is 0.494. The third-order valence-corrected chi connectivity index (χ3v) is 0.843. The number of hydrogen-bond donors (Lipinski definition) is 0. The summed E-state index contributed by atoms with van der Waals surface area (Å²) in [6.45, 7) is 3.72. The van der Waals surface area contributed by atoms with Crippen molar-refractivity contribution >= 4 is 0 Å². The fourth-order valence-corrected chi connectivity index (χ4v) is 0.478. The van der Waals surface area contributed by atoms with E-state index in [1.54, 1.807) is 0 Å². The molecule has 0 N–H and O–H groups in total. The van der Waals surface area contributed by atoms with Crippen molar-refractivity contribution in [1.29, 1.82) is 0 Å². The largest absolute Gasteiger partial charge is 0.358 e. The summed E-state index contributed by atoms with van der Waals surface area (Å²) in [5.41, 5.74) is 1.07. The van der Waals surface area contributed by atoms with Crippen molar-refractivity contribution in [2.45, 2.75) is 0 Å². The molecule has 0 atom stereocenters. The van der Waals surface area contributed by atoms with Crippen LogP contribution in [0.1, 0.15) is 5.56 Å². The maximum atomic E-state index is 3.72. The van der Waals surface area contributed by atoms with E-state index in [-0.39, 0.29) is 119 Å². The van der Waals surface area contributed by atoms with E-state index in [4.69, 9.17) is 0 Å². The minimum absolute atomic E-state index is 0. The molecule has 0 saturated carbocycles. The van der Waals surface area contributed by atoms with Crippen LogP contribution >= 0.6 is 0 Å². The maximum absolute atomic E-state index is 3.72. The van der Waals surface area contributed by atoms with Crippen molar-refractivity contribution in [3.63, 3.8) is 0 Å². The number of benzene rings is 1. The average Bonchev–Trinajstić information content (AvgIpc) is 1.69. The summed E-state index contributed by atoms with van der Waals surface area (Å²) < 4.78 is 0. The van der Waals surface area contributed by atoms with Crippen LogP contribution in [0.4, 0.5) is 0 Å². The van der Waals surface area contributed by atoms with Crippen molar-refractivity contribution in [3.8, 4) is 0 Å². The Labute approximate surface area is 158 Å². The van der Waals surface area contributed by atoms with Crippen molar-refractivity contribution in [2.75, 3.05) is 0 Å². The zero-order valence-electron chi connectivity index (χ0n) is 7.83. The summed E-state index contributed by atoms with van der Waals surface area (Å²) in [5, 5.41) is 0. The Kier molecular flexibility index (Phi) is 46.9. The zero-order chi connectivity index (χ0) is 5.11. The molecular weight excluding hydrogens is 475 g/mol. The van der Waals surface area contributed by atoms with Gasteiger partial charge in [0.2, 0.25) is 0 Å². The van der Waals surface area contributed by atoms with E-state index in [2.05, 4.69) is 6.92 Å². The van der Waals surface area contributed by atoms with Crippen molar-refractivity contribution in [3.05, 3.63) is 57.7 Å². The number of rotatable bonds is 0. The van der Waals surface area contributed by atoms with Gasteiger partial charge in [0.1, 0.15) is 0 Å². The Bertz CT molecular complexity index is 142. The van der Waals surface area contributed by atoms with Gasteiger partial charge in [-0.25, -0.2) is 0 Å². The van der Waals surface area contributed by atoms with Crippen LogP contribution in [0.3, 0.4) is 0 Å². The van der Waals surface area contributed by atoms with Crippen LogP contribution in [0.5, 0.6) is 0 Å². The fraction of sp³-hybridized carbons (Fsp3) is 0. The molecule has 0 amide bonds. The third-order valence-electron chi connectivity index (χ3n) is 0.843. The van der Waals surface area contributed by atoms with Crippen LogP contribution in [-0.4, -0.2) is 0 Å². The summed E-state index contributed by atoms with van der Waals surface area (Å²) in [5.74, 6) is 0. The van der Waals surface area contributed by atoms with Crippen molar-refractivity contribution < 1.29 is 104 Å². The second-order valence-electron chi connectivity index (χ2n) is 1.49. The molecular formula is C9H13La2Y-3. The normalized spacial score (nSPS) is 5.00. The van der Waals surface area contributed by atoms with Gasteiger partial charge in [-0.05, 0) is 0 Å². The Morgan fingerprint density at radius 3 is 1.33 bits per heavy atom. The summed E-state index contributed by atoms with van der Waals surface area (Å²) >= 11 is 0. The number of hydrogen-bond acceptors (Lipinski definition) is 0. The van der Waals surface area contributed by atoms with E-state index in [0.29, 0.717) is 0 Å². The maximum Gasteiger partial charge on any atom is 0 e. The molecule has 0 nitrogen and oxygen atoms in total. The van der Waals surface area contributed by atoms with Crippen LogP contribution in [0, 0.1) is 93.0 Å². The van der Waals surface area contributed by atoms with E-state index >= 15 is 0 Å². The van der Waals surface area contributed by atoms with Gasteiger partial charge >= 0.3 is 0 Å². The first-order valence-corrected chi connectivity index (χ1v) is 2.26. The van der Waals surface area contributed by atoms with Gasteiger partial charge in [0.25, 0.3) is 0 Å². The van der Waals surface area contributed by atoms with E-state index in [1.165, 1.54) is 0 Å². The molecule has 0 unspecified atom stereocenters. The first-order valence-electron chi connectivity index (χ1n) is 2.26. The van der Waals surface area contributed by atoms with Crippen LogP contribution in [-0.2, 0) is 32.7 Å². The fourth-order valence-electron chi connectivity index (χ4n) is 0.478. The monoisotopic (exact) mass is 488 g/mol. The van der Waals surface area contributed by atoms with Crippen LogP contribution in [0.15, 0.2) is 30.3 Å². The van der Waals surface area contributed by atoms with Gasteiger partial charge in [-0.1, -0.05) is 6.07 Å². The first-order chi connectivity index (χ1) is 3.39. The minimum atomic E-state index is 0. The van der Waals surface area contributed by atoms with Gasteiger partial charge in [-0.3, -0.25) is 0 Å². The van der Waals surface area contributed by atoms with Crippen molar-refractivity contribution in [1.82, 2.24) is 0 Å². The van der Waals surface area contributed by atoms with E-state index in [1.807, 2.05) is 30.3 Å². The summed E-state index contributed by atoms with van der Waals surface area (Å²) in [6, 6.07) is 9.87. The standard InChI is InChI=1S/C7H7.2CH3.2La.Y/c1-7-5-3-2-4-6-7;;;;;/h2-6H,1H2;2*1H3;;;/q3*-1;;;. The molecule has 61 valence electrons.